The molecular formula is C36H70O2. The largest absolute Gasteiger partial charge is 0.462 e. The first-order valence-corrected chi connectivity index (χ1v) is 17.5. The lowest BCUT2D eigenvalue weighted by Crippen LogP contribution is -2.08. The molecule has 0 aromatic carbocycles. The van der Waals surface area contributed by atoms with Crippen LogP contribution in [0.2, 0.25) is 0 Å². The zero-order valence-electron chi connectivity index (χ0n) is 26.8. The Kier molecular flexibility index (Phi) is 30.1. The maximum Gasteiger partial charge on any atom is 0.333 e. The summed E-state index contributed by atoms with van der Waals surface area (Å²) < 4.78 is 5.52. The van der Waals surface area contributed by atoms with Crippen molar-refractivity contribution in [3.63, 3.8) is 0 Å². The zero-order valence-corrected chi connectivity index (χ0v) is 26.8. The molecule has 2 heteroatoms. The highest BCUT2D eigenvalue weighted by Crippen LogP contribution is 2.17. The van der Waals surface area contributed by atoms with Crippen LogP contribution in [0.3, 0.4) is 0 Å². The monoisotopic (exact) mass is 535 g/mol. The molecule has 0 aliphatic carbocycles. The van der Waals surface area contributed by atoms with Crippen molar-refractivity contribution in [1.29, 1.82) is 0 Å². The third kappa shape index (κ3) is 28.2. The van der Waals surface area contributed by atoms with Crippen molar-refractivity contribution in [2.24, 2.45) is 5.92 Å². The lowest BCUT2D eigenvalue weighted by atomic mass is 9.99. The third-order valence-electron chi connectivity index (χ3n) is 8.10. The molecule has 0 radical (unpaired) electrons. The number of hydrogen-bond acceptors (Lipinski definition) is 2. The van der Waals surface area contributed by atoms with Crippen LogP contribution in [0.4, 0.5) is 0 Å². The maximum atomic E-state index is 12.3. The van der Waals surface area contributed by atoms with Crippen molar-refractivity contribution in [3.8, 4) is 0 Å². The molecule has 0 aromatic heterocycles. The van der Waals surface area contributed by atoms with Crippen molar-refractivity contribution in [2.45, 2.75) is 201 Å². The van der Waals surface area contributed by atoms with Crippen LogP contribution in [0.1, 0.15) is 201 Å². The summed E-state index contributed by atoms with van der Waals surface area (Å²) in [7, 11) is 0. The minimum atomic E-state index is -0.110. The van der Waals surface area contributed by atoms with Gasteiger partial charge in [0, 0.05) is 5.57 Å². The summed E-state index contributed by atoms with van der Waals surface area (Å²) in [5, 5.41) is 0. The van der Waals surface area contributed by atoms with Crippen LogP contribution in [0.5, 0.6) is 0 Å². The van der Waals surface area contributed by atoms with Crippen LogP contribution < -0.4 is 0 Å². The van der Waals surface area contributed by atoms with Crippen molar-refractivity contribution >= 4 is 5.97 Å². The van der Waals surface area contributed by atoms with E-state index in [1.807, 2.05) is 6.92 Å². The Bertz CT molecular complexity index is 509. The Morgan fingerprint density at radius 2 is 0.842 bits per heavy atom. The number of allylic oxidation sites excluding steroid dienone is 1. The molecule has 0 heterocycles. The van der Waals surface area contributed by atoms with E-state index in [1.54, 1.807) is 0 Å². The number of carbonyl (C=O) groups is 1. The summed E-state index contributed by atoms with van der Waals surface area (Å²) in [5.74, 6) is 0.355. The third-order valence-corrected chi connectivity index (χ3v) is 8.10. The first-order chi connectivity index (χ1) is 18.6. The van der Waals surface area contributed by atoms with Crippen LogP contribution in [0, 0.1) is 5.92 Å². The topological polar surface area (TPSA) is 26.3 Å². The molecule has 0 N–H and O–H groups in total. The van der Waals surface area contributed by atoms with E-state index in [0.717, 1.165) is 12.0 Å². The fourth-order valence-corrected chi connectivity index (χ4v) is 5.46. The summed E-state index contributed by atoms with van der Waals surface area (Å²) in [5.41, 5.74) is 0.793. The molecule has 226 valence electrons. The molecule has 0 aliphatic rings. The smallest absolute Gasteiger partial charge is 0.333 e. The lowest BCUT2D eigenvalue weighted by Gasteiger charge is -2.09. The normalized spacial score (nSPS) is 12.7. The van der Waals surface area contributed by atoms with E-state index >= 15 is 0 Å². The van der Waals surface area contributed by atoms with Gasteiger partial charge < -0.3 is 4.74 Å². The summed E-state index contributed by atoms with van der Waals surface area (Å²) in [6.07, 6.45) is 38.9. The standard InChI is InChI=1S/C36H70O2/c1-5-7-9-11-13-15-17-18-19-20-21-22-24-26-28-30-32-38-36(37)35(4)33-34(3)31-29-27-25-23-16-14-12-10-8-6-2/h33-34H,5-32H2,1-4H3. The molecule has 0 rings (SSSR count). The average molecular weight is 535 g/mol. The van der Waals surface area contributed by atoms with E-state index in [0.29, 0.717) is 12.5 Å². The second-order valence-corrected chi connectivity index (χ2v) is 12.2. The highest BCUT2D eigenvalue weighted by atomic mass is 16.5. The number of unbranched alkanes of at least 4 members (excludes halogenated alkanes) is 24. The molecule has 0 aromatic rings. The van der Waals surface area contributed by atoms with Crippen LogP contribution in [-0.2, 0) is 9.53 Å². The highest BCUT2D eigenvalue weighted by Gasteiger charge is 2.08. The van der Waals surface area contributed by atoms with Crippen molar-refractivity contribution < 1.29 is 9.53 Å². The SMILES string of the molecule is CCCCCCCCCCCCCCCCCCOC(=O)C(C)=CC(C)CCCCCCCCCCCC. The number of esters is 1. The van der Waals surface area contributed by atoms with Crippen LogP contribution in [-0.4, -0.2) is 12.6 Å². The fraction of sp³-hybridized carbons (Fsp3) is 0.917. The van der Waals surface area contributed by atoms with Crippen LogP contribution >= 0.6 is 0 Å². The van der Waals surface area contributed by atoms with Gasteiger partial charge in [0.15, 0.2) is 0 Å². The van der Waals surface area contributed by atoms with Gasteiger partial charge in [0.05, 0.1) is 6.61 Å². The van der Waals surface area contributed by atoms with Crippen molar-refractivity contribution in [2.75, 3.05) is 6.61 Å². The van der Waals surface area contributed by atoms with Gasteiger partial charge in [-0.1, -0.05) is 187 Å². The molecule has 2 nitrogen and oxygen atoms in total. The van der Waals surface area contributed by atoms with Gasteiger partial charge in [-0.25, -0.2) is 4.79 Å². The summed E-state index contributed by atoms with van der Waals surface area (Å²) in [6.45, 7) is 9.31. The molecule has 0 amide bonds. The Labute approximate surface area is 240 Å². The maximum absolute atomic E-state index is 12.3. The second-order valence-electron chi connectivity index (χ2n) is 12.2. The molecular weight excluding hydrogens is 464 g/mol. The van der Waals surface area contributed by atoms with Crippen LogP contribution in [0.15, 0.2) is 11.6 Å². The lowest BCUT2D eigenvalue weighted by molar-refractivity contribution is -0.139. The minimum absolute atomic E-state index is 0.110. The quantitative estimate of drug-likeness (QED) is 0.0520. The fourth-order valence-electron chi connectivity index (χ4n) is 5.46. The number of hydrogen-bond donors (Lipinski definition) is 0. The molecule has 1 atom stereocenters. The predicted molar refractivity (Wildman–Crippen MR) is 170 cm³/mol. The first kappa shape index (κ1) is 37.2. The van der Waals surface area contributed by atoms with E-state index in [2.05, 4.69) is 26.8 Å². The Hall–Kier alpha value is -0.790. The molecule has 1 unspecified atom stereocenters. The molecule has 0 saturated carbocycles. The van der Waals surface area contributed by atoms with E-state index in [-0.39, 0.29) is 5.97 Å². The average Bonchev–Trinajstić information content (AvgIpc) is 2.91. The Balaban J connectivity index is 3.47. The highest BCUT2D eigenvalue weighted by molar-refractivity contribution is 5.87. The molecule has 0 saturated heterocycles. The molecule has 0 aliphatic heterocycles. The Morgan fingerprint density at radius 1 is 0.526 bits per heavy atom. The molecule has 0 bridgehead atoms. The molecule has 0 spiro atoms. The van der Waals surface area contributed by atoms with Gasteiger partial charge in [-0.3, -0.25) is 0 Å². The van der Waals surface area contributed by atoms with Crippen molar-refractivity contribution in [1.82, 2.24) is 0 Å². The summed E-state index contributed by atoms with van der Waals surface area (Å²) in [6, 6.07) is 0. The summed E-state index contributed by atoms with van der Waals surface area (Å²) >= 11 is 0. The van der Waals surface area contributed by atoms with E-state index in [4.69, 9.17) is 4.74 Å². The first-order valence-electron chi connectivity index (χ1n) is 17.5. The summed E-state index contributed by atoms with van der Waals surface area (Å²) in [4.78, 5) is 12.3. The van der Waals surface area contributed by atoms with Gasteiger partial charge in [-0.2, -0.15) is 0 Å². The van der Waals surface area contributed by atoms with E-state index < -0.39 is 0 Å². The van der Waals surface area contributed by atoms with Crippen molar-refractivity contribution in [3.05, 3.63) is 11.6 Å². The zero-order chi connectivity index (χ0) is 27.9. The minimum Gasteiger partial charge on any atom is -0.462 e. The van der Waals surface area contributed by atoms with Gasteiger partial charge in [-0.15, -0.1) is 0 Å². The molecule has 0 fully saturated rings. The molecule has 38 heavy (non-hydrogen) atoms. The number of carbonyl (C=O) groups excluding carboxylic acids is 1. The van der Waals surface area contributed by atoms with Gasteiger partial charge in [0.1, 0.15) is 0 Å². The second kappa shape index (κ2) is 30.7. The van der Waals surface area contributed by atoms with Gasteiger partial charge >= 0.3 is 5.97 Å². The number of ether oxygens (including phenoxy) is 1. The Morgan fingerprint density at radius 3 is 1.21 bits per heavy atom. The van der Waals surface area contributed by atoms with Gasteiger partial charge in [0.25, 0.3) is 0 Å². The van der Waals surface area contributed by atoms with Gasteiger partial charge in [0.2, 0.25) is 0 Å². The van der Waals surface area contributed by atoms with Crippen LogP contribution in [0.25, 0.3) is 0 Å². The van der Waals surface area contributed by atoms with E-state index in [1.165, 1.54) is 167 Å². The van der Waals surface area contributed by atoms with E-state index in [9.17, 15) is 4.79 Å². The number of rotatable bonds is 30. The van der Waals surface area contributed by atoms with Gasteiger partial charge in [-0.05, 0) is 25.7 Å². The predicted octanol–water partition coefficient (Wildman–Crippen LogP) is 12.7.